The van der Waals surface area contributed by atoms with E-state index in [1.54, 1.807) is 21.0 Å². The van der Waals surface area contributed by atoms with Crippen LogP contribution in [0.3, 0.4) is 0 Å². The molecule has 0 aliphatic carbocycles. The maximum absolute atomic E-state index is 11.8. The van der Waals surface area contributed by atoms with Gasteiger partial charge < -0.3 is 24.3 Å². The van der Waals surface area contributed by atoms with Crippen molar-refractivity contribution in [3.8, 4) is 0 Å². The molecule has 0 unspecified atom stereocenters. The molecule has 0 aliphatic rings. The van der Waals surface area contributed by atoms with Crippen LogP contribution in [-0.4, -0.2) is 76.4 Å². The topological polar surface area (TPSA) is 95.5 Å². The first-order valence-electron chi connectivity index (χ1n) is 8.01. The van der Waals surface area contributed by atoms with E-state index in [0.717, 1.165) is 5.71 Å². The predicted molar refractivity (Wildman–Crippen MR) is 90.3 cm³/mol. The van der Waals surface area contributed by atoms with Crippen LogP contribution in [0.4, 0.5) is 0 Å². The monoisotopic (exact) mass is 346 g/mol. The van der Waals surface area contributed by atoms with Crippen LogP contribution in [0.2, 0.25) is 0 Å². The number of aliphatic imine (C=N–C) groups is 1. The number of methoxy groups -OCH3 is 1. The van der Waals surface area contributed by atoms with Crippen molar-refractivity contribution in [3.05, 3.63) is 0 Å². The summed E-state index contributed by atoms with van der Waals surface area (Å²) in [4.78, 5) is 27.7. The molecule has 0 heterocycles. The van der Waals surface area contributed by atoms with Gasteiger partial charge in [0, 0.05) is 12.8 Å². The van der Waals surface area contributed by atoms with Crippen molar-refractivity contribution >= 4 is 17.6 Å². The number of carbonyl (C=O) groups excluding carboxylic acids is 2. The molecule has 0 aromatic rings. The quantitative estimate of drug-likeness (QED) is 0.298. The second kappa shape index (κ2) is 13.9. The zero-order valence-electron chi connectivity index (χ0n) is 15.3. The lowest BCUT2D eigenvalue weighted by atomic mass is 10.2. The lowest BCUT2D eigenvalue weighted by Crippen LogP contribution is -2.43. The van der Waals surface area contributed by atoms with Gasteiger partial charge in [-0.3, -0.25) is 9.79 Å². The van der Waals surface area contributed by atoms with Crippen molar-refractivity contribution in [1.29, 1.82) is 0 Å². The molecule has 1 amide bonds. The molecule has 0 spiro atoms. The van der Waals surface area contributed by atoms with E-state index in [4.69, 9.17) is 18.9 Å². The third-order valence-corrected chi connectivity index (χ3v) is 2.82. The summed E-state index contributed by atoms with van der Waals surface area (Å²) < 4.78 is 20.3. The summed E-state index contributed by atoms with van der Waals surface area (Å²) in [5.41, 5.74) is 0.802. The lowest BCUT2D eigenvalue weighted by molar-refractivity contribution is -0.149. The Labute approximate surface area is 143 Å². The average Bonchev–Trinajstić information content (AvgIpc) is 2.52. The Morgan fingerprint density at radius 3 is 2.04 bits per heavy atom. The number of ether oxygens (including phenoxy) is 4. The van der Waals surface area contributed by atoms with Crippen molar-refractivity contribution < 1.29 is 28.5 Å². The van der Waals surface area contributed by atoms with E-state index in [9.17, 15) is 9.59 Å². The van der Waals surface area contributed by atoms with E-state index >= 15 is 0 Å². The Morgan fingerprint density at radius 2 is 1.50 bits per heavy atom. The molecule has 8 heteroatoms. The number of hydrogen-bond donors (Lipinski definition) is 1. The van der Waals surface area contributed by atoms with Gasteiger partial charge in [0.25, 0.3) is 0 Å². The highest BCUT2D eigenvalue weighted by atomic mass is 16.6. The molecule has 140 valence electrons. The summed E-state index contributed by atoms with van der Waals surface area (Å²) in [7, 11) is 1.61. The van der Waals surface area contributed by atoms with Crippen LogP contribution >= 0.6 is 0 Å². The first-order valence-corrected chi connectivity index (χ1v) is 8.01. The van der Waals surface area contributed by atoms with E-state index in [0.29, 0.717) is 26.4 Å². The fraction of sp³-hybridized carbons (Fsp3) is 0.812. The maximum Gasteiger partial charge on any atom is 0.328 e. The third-order valence-electron chi connectivity index (χ3n) is 2.82. The van der Waals surface area contributed by atoms with Gasteiger partial charge in [-0.1, -0.05) is 0 Å². The van der Waals surface area contributed by atoms with Gasteiger partial charge >= 0.3 is 5.97 Å². The second-order valence-corrected chi connectivity index (χ2v) is 5.37. The SMILES string of the molecule is COCCOCCOCCOC(=O)[C@H](C)NC(=O)[C@@H](C)N=C(C)C. The summed E-state index contributed by atoms with van der Waals surface area (Å²) in [5.74, 6) is -0.821. The smallest absolute Gasteiger partial charge is 0.328 e. The Kier molecular flexibility index (Phi) is 13.0. The highest BCUT2D eigenvalue weighted by Gasteiger charge is 2.20. The molecule has 0 fully saturated rings. The molecule has 0 saturated heterocycles. The summed E-state index contributed by atoms with van der Waals surface area (Å²) >= 11 is 0. The van der Waals surface area contributed by atoms with Gasteiger partial charge in [0.15, 0.2) is 0 Å². The normalized spacial score (nSPS) is 13.0. The summed E-state index contributed by atoms with van der Waals surface area (Å²) in [6.07, 6.45) is 0. The molecular weight excluding hydrogens is 316 g/mol. The lowest BCUT2D eigenvalue weighted by Gasteiger charge is -2.15. The van der Waals surface area contributed by atoms with Gasteiger partial charge in [-0.15, -0.1) is 0 Å². The van der Waals surface area contributed by atoms with Crippen molar-refractivity contribution in [2.24, 2.45) is 4.99 Å². The van der Waals surface area contributed by atoms with Gasteiger partial charge in [0.05, 0.1) is 33.0 Å². The molecule has 24 heavy (non-hydrogen) atoms. The molecule has 1 N–H and O–H groups in total. The van der Waals surface area contributed by atoms with Crippen molar-refractivity contribution in [2.45, 2.75) is 39.8 Å². The number of nitrogens with one attached hydrogen (secondary N) is 1. The molecule has 0 radical (unpaired) electrons. The second-order valence-electron chi connectivity index (χ2n) is 5.37. The molecule has 8 nitrogen and oxygen atoms in total. The van der Waals surface area contributed by atoms with E-state index in [2.05, 4.69) is 10.3 Å². The molecule has 0 aromatic carbocycles. The Bertz CT molecular complexity index is 396. The van der Waals surface area contributed by atoms with Gasteiger partial charge in [0.1, 0.15) is 18.7 Å². The van der Waals surface area contributed by atoms with E-state index in [1.807, 2.05) is 13.8 Å². The minimum Gasteiger partial charge on any atom is -0.462 e. The largest absolute Gasteiger partial charge is 0.462 e. The van der Waals surface area contributed by atoms with Crippen LogP contribution in [0, 0.1) is 0 Å². The fourth-order valence-electron chi connectivity index (χ4n) is 1.63. The van der Waals surface area contributed by atoms with Gasteiger partial charge in [0.2, 0.25) is 5.91 Å². The molecule has 0 bridgehead atoms. The minimum absolute atomic E-state index is 0.124. The highest BCUT2D eigenvalue weighted by molar-refractivity contribution is 5.89. The zero-order chi connectivity index (χ0) is 18.4. The summed E-state index contributed by atoms with van der Waals surface area (Å²) in [6, 6.07) is -1.27. The average molecular weight is 346 g/mol. The number of amides is 1. The Hall–Kier alpha value is -1.51. The molecule has 0 rings (SSSR count). The predicted octanol–water partition coefficient (Wildman–Crippen LogP) is 0.583. The molecule has 0 aromatic heterocycles. The van der Waals surface area contributed by atoms with Gasteiger partial charge in [-0.05, 0) is 27.7 Å². The van der Waals surface area contributed by atoms with Crippen LogP contribution < -0.4 is 5.32 Å². The van der Waals surface area contributed by atoms with Crippen LogP contribution in [0.1, 0.15) is 27.7 Å². The molecular formula is C16H30N2O6. The van der Waals surface area contributed by atoms with Crippen LogP contribution in [0.5, 0.6) is 0 Å². The molecule has 0 saturated carbocycles. The highest BCUT2D eigenvalue weighted by Crippen LogP contribution is 1.95. The number of esters is 1. The molecule has 2 atom stereocenters. The van der Waals surface area contributed by atoms with E-state index in [-0.39, 0.29) is 19.1 Å². The van der Waals surface area contributed by atoms with Gasteiger partial charge in [-0.25, -0.2) is 4.79 Å². The van der Waals surface area contributed by atoms with Crippen LogP contribution in [-0.2, 0) is 28.5 Å². The number of carbonyl (C=O) groups is 2. The Morgan fingerprint density at radius 1 is 0.958 bits per heavy atom. The summed E-state index contributed by atoms with van der Waals surface area (Å²) in [5, 5.41) is 2.57. The van der Waals surface area contributed by atoms with Gasteiger partial charge in [-0.2, -0.15) is 0 Å². The standard InChI is InChI=1S/C16H30N2O6/c1-12(2)17-13(3)15(19)18-14(4)16(20)24-11-10-23-9-8-22-7-6-21-5/h13-14H,6-11H2,1-5H3,(H,18,19)/t13-,14+/m1/s1. The Balaban J connectivity index is 3.76. The minimum atomic E-state index is -0.732. The van der Waals surface area contributed by atoms with Crippen LogP contribution in [0.25, 0.3) is 0 Å². The maximum atomic E-state index is 11.8. The number of hydrogen-bond acceptors (Lipinski definition) is 7. The number of rotatable bonds is 13. The van der Waals surface area contributed by atoms with Crippen molar-refractivity contribution in [3.63, 3.8) is 0 Å². The van der Waals surface area contributed by atoms with Crippen molar-refractivity contribution in [2.75, 3.05) is 46.8 Å². The van der Waals surface area contributed by atoms with Crippen LogP contribution in [0.15, 0.2) is 4.99 Å². The van der Waals surface area contributed by atoms with E-state index < -0.39 is 18.1 Å². The first-order chi connectivity index (χ1) is 11.4. The summed E-state index contributed by atoms with van der Waals surface area (Å²) in [6.45, 7) is 9.19. The number of nitrogens with zero attached hydrogens (tertiary/aromatic N) is 1. The first kappa shape index (κ1) is 22.5. The zero-order valence-corrected chi connectivity index (χ0v) is 15.3. The van der Waals surface area contributed by atoms with E-state index in [1.165, 1.54) is 0 Å². The fourth-order valence-corrected chi connectivity index (χ4v) is 1.63. The third kappa shape index (κ3) is 12.0. The molecule has 0 aliphatic heterocycles. The van der Waals surface area contributed by atoms with Crippen molar-refractivity contribution in [1.82, 2.24) is 5.32 Å².